The first-order valence-corrected chi connectivity index (χ1v) is 6.57. The standard InChI is InChI=1S/C12H22ClN3O/c1-4-14-11(7-6-8-17-5-2)12-10(13)9-15-16(12)3/h9,11,14H,4-8H2,1-3H3. The maximum Gasteiger partial charge on any atom is 0.0833 e. The lowest BCUT2D eigenvalue weighted by molar-refractivity contribution is 0.140. The van der Waals surface area contributed by atoms with Gasteiger partial charge in [-0.3, -0.25) is 4.68 Å². The quantitative estimate of drug-likeness (QED) is 0.730. The molecule has 0 radical (unpaired) electrons. The first kappa shape index (κ1) is 14.5. The van der Waals surface area contributed by atoms with Crippen molar-refractivity contribution in [1.82, 2.24) is 15.1 Å². The second kappa shape index (κ2) is 7.69. The third kappa shape index (κ3) is 4.30. The second-order valence-corrected chi connectivity index (χ2v) is 4.36. The van der Waals surface area contributed by atoms with E-state index in [-0.39, 0.29) is 6.04 Å². The smallest absolute Gasteiger partial charge is 0.0833 e. The summed E-state index contributed by atoms with van der Waals surface area (Å²) in [7, 11) is 1.92. The Kier molecular flexibility index (Phi) is 6.55. The summed E-state index contributed by atoms with van der Waals surface area (Å²) in [5.74, 6) is 0. The van der Waals surface area contributed by atoms with Crippen LogP contribution < -0.4 is 5.32 Å². The molecule has 0 aliphatic heterocycles. The van der Waals surface area contributed by atoms with Gasteiger partial charge >= 0.3 is 0 Å². The average Bonchev–Trinajstić information content (AvgIpc) is 2.63. The Morgan fingerprint density at radius 3 is 2.82 bits per heavy atom. The topological polar surface area (TPSA) is 39.1 Å². The Morgan fingerprint density at radius 1 is 1.53 bits per heavy atom. The van der Waals surface area contributed by atoms with Crippen LogP contribution in [-0.4, -0.2) is 29.5 Å². The van der Waals surface area contributed by atoms with Crippen LogP contribution in [-0.2, 0) is 11.8 Å². The summed E-state index contributed by atoms with van der Waals surface area (Å²) >= 11 is 6.16. The molecule has 98 valence electrons. The summed E-state index contributed by atoms with van der Waals surface area (Å²) in [5.41, 5.74) is 1.06. The molecule has 0 saturated heterocycles. The monoisotopic (exact) mass is 259 g/mol. The summed E-state index contributed by atoms with van der Waals surface area (Å²) < 4.78 is 7.20. The molecule has 0 saturated carbocycles. The molecule has 1 N–H and O–H groups in total. The van der Waals surface area contributed by atoms with Gasteiger partial charge in [0, 0.05) is 20.3 Å². The third-order valence-corrected chi connectivity index (χ3v) is 3.00. The van der Waals surface area contributed by atoms with Gasteiger partial charge in [0.15, 0.2) is 0 Å². The minimum Gasteiger partial charge on any atom is -0.382 e. The second-order valence-electron chi connectivity index (χ2n) is 3.95. The van der Waals surface area contributed by atoms with Gasteiger partial charge in [-0.1, -0.05) is 18.5 Å². The number of aryl methyl sites for hydroxylation is 1. The lowest BCUT2D eigenvalue weighted by Crippen LogP contribution is -2.24. The summed E-state index contributed by atoms with van der Waals surface area (Å²) in [5, 5.41) is 8.35. The van der Waals surface area contributed by atoms with E-state index < -0.39 is 0 Å². The zero-order valence-electron chi connectivity index (χ0n) is 10.9. The summed E-state index contributed by atoms with van der Waals surface area (Å²) in [6, 6.07) is 0.250. The fraction of sp³-hybridized carbons (Fsp3) is 0.750. The van der Waals surface area contributed by atoms with E-state index in [9.17, 15) is 0 Å². The predicted octanol–water partition coefficient (Wildman–Crippen LogP) is 2.54. The summed E-state index contributed by atoms with van der Waals surface area (Å²) in [4.78, 5) is 0. The number of nitrogens with one attached hydrogen (secondary N) is 1. The van der Waals surface area contributed by atoms with Gasteiger partial charge < -0.3 is 10.1 Å². The molecule has 1 unspecified atom stereocenters. The maximum absolute atomic E-state index is 6.16. The van der Waals surface area contributed by atoms with Gasteiger partial charge in [-0.05, 0) is 26.3 Å². The highest BCUT2D eigenvalue weighted by Crippen LogP contribution is 2.25. The van der Waals surface area contributed by atoms with Gasteiger partial charge in [-0.2, -0.15) is 5.10 Å². The van der Waals surface area contributed by atoms with Crippen LogP contribution in [0, 0.1) is 0 Å². The van der Waals surface area contributed by atoms with E-state index in [1.807, 2.05) is 18.7 Å². The molecule has 0 aromatic carbocycles. The van der Waals surface area contributed by atoms with Crippen LogP contribution in [0.15, 0.2) is 6.20 Å². The molecule has 0 aliphatic rings. The van der Waals surface area contributed by atoms with Crippen molar-refractivity contribution < 1.29 is 4.74 Å². The number of rotatable bonds is 8. The fourth-order valence-electron chi connectivity index (χ4n) is 1.93. The van der Waals surface area contributed by atoms with Crippen molar-refractivity contribution in [1.29, 1.82) is 0 Å². The molecule has 0 fully saturated rings. The van der Waals surface area contributed by atoms with Crippen molar-refractivity contribution >= 4 is 11.6 Å². The largest absolute Gasteiger partial charge is 0.382 e. The van der Waals surface area contributed by atoms with Crippen LogP contribution in [0.4, 0.5) is 0 Å². The maximum atomic E-state index is 6.16. The SMILES string of the molecule is CCNC(CCCOCC)c1c(Cl)cnn1C. The first-order valence-electron chi connectivity index (χ1n) is 6.19. The van der Waals surface area contributed by atoms with E-state index in [1.54, 1.807) is 6.20 Å². The van der Waals surface area contributed by atoms with Gasteiger partial charge in [0.2, 0.25) is 0 Å². The minimum absolute atomic E-state index is 0.250. The van der Waals surface area contributed by atoms with Crippen molar-refractivity contribution in [2.24, 2.45) is 7.05 Å². The van der Waals surface area contributed by atoms with E-state index >= 15 is 0 Å². The normalized spacial score (nSPS) is 12.9. The molecule has 0 amide bonds. The van der Waals surface area contributed by atoms with Gasteiger partial charge in [0.05, 0.1) is 23.0 Å². The molecular weight excluding hydrogens is 238 g/mol. The van der Waals surface area contributed by atoms with Crippen molar-refractivity contribution in [2.75, 3.05) is 19.8 Å². The van der Waals surface area contributed by atoms with E-state index in [4.69, 9.17) is 16.3 Å². The first-order chi connectivity index (χ1) is 8.20. The van der Waals surface area contributed by atoms with Crippen molar-refractivity contribution in [3.63, 3.8) is 0 Å². The van der Waals surface area contributed by atoms with Crippen LogP contribution in [0.2, 0.25) is 5.02 Å². The zero-order valence-corrected chi connectivity index (χ0v) is 11.6. The van der Waals surface area contributed by atoms with Crippen LogP contribution in [0.3, 0.4) is 0 Å². The lowest BCUT2D eigenvalue weighted by atomic mass is 10.1. The van der Waals surface area contributed by atoms with E-state index in [2.05, 4.69) is 17.3 Å². The van der Waals surface area contributed by atoms with E-state index in [0.29, 0.717) is 0 Å². The average molecular weight is 260 g/mol. The highest BCUT2D eigenvalue weighted by atomic mass is 35.5. The van der Waals surface area contributed by atoms with Gasteiger partial charge in [-0.25, -0.2) is 0 Å². The highest BCUT2D eigenvalue weighted by molar-refractivity contribution is 6.31. The van der Waals surface area contributed by atoms with Gasteiger partial charge in [0.1, 0.15) is 0 Å². The van der Waals surface area contributed by atoms with E-state index in [1.165, 1.54) is 0 Å². The molecule has 0 spiro atoms. The lowest BCUT2D eigenvalue weighted by Gasteiger charge is -2.18. The molecule has 1 aromatic rings. The number of ether oxygens (including phenoxy) is 1. The van der Waals surface area contributed by atoms with Crippen molar-refractivity contribution in [3.05, 3.63) is 16.9 Å². The molecule has 17 heavy (non-hydrogen) atoms. The third-order valence-electron chi connectivity index (χ3n) is 2.70. The van der Waals surface area contributed by atoms with Gasteiger partial charge in [0.25, 0.3) is 0 Å². The Morgan fingerprint density at radius 2 is 2.29 bits per heavy atom. The number of hydrogen-bond donors (Lipinski definition) is 1. The predicted molar refractivity (Wildman–Crippen MR) is 70.4 cm³/mol. The van der Waals surface area contributed by atoms with Gasteiger partial charge in [-0.15, -0.1) is 0 Å². The molecular formula is C12H22ClN3O. The molecule has 1 rings (SSSR count). The summed E-state index contributed by atoms with van der Waals surface area (Å²) in [6.45, 7) is 6.60. The molecule has 1 aromatic heterocycles. The number of hydrogen-bond acceptors (Lipinski definition) is 3. The molecule has 1 heterocycles. The van der Waals surface area contributed by atoms with Crippen LogP contribution >= 0.6 is 11.6 Å². The molecule has 0 bridgehead atoms. The van der Waals surface area contributed by atoms with Crippen molar-refractivity contribution in [2.45, 2.75) is 32.7 Å². The summed E-state index contributed by atoms with van der Waals surface area (Å²) in [6.07, 6.45) is 3.73. The Labute approximate surface area is 108 Å². The molecule has 4 nitrogen and oxygen atoms in total. The Balaban J connectivity index is 2.59. The molecule has 1 atom stereocenters. The fourth-order valence-corrected chi connectivity index (χ4v) is 2.23. The molecule has 0 aliphatic carbocycles. The van der Waals surface area contributed by atoms with Crippen LogP contribution in [0.25, 0.3) is 0 Å². The van der Waals surface area contributed by atoms with Crippen LogP contribution in [0.1, 0.15) is 38.4 Å². The number of halogens is 1. The Bertz CT molecular complexity index is 308. The van der Waals surface area contributed by atoms with Crippen molar-refractivity contribution in [3.8, 4) is 0 Å². The zero-order chi connectivity index (χ0) is 12.7. The minimum atomic E-state index is 0.250. The van der Waals surface area contributed by atoms with E-state index in [0.717, 1.165) is 43.3 Å². The number of aromatic nitrogens is 2. The number of nitrogens with zero attached hydrogens (tertiary/aromatic N) is 2. The van der Waals surface area contributed by atoms with Crippen LogP contribution in [0.5, 0.6) is 0 Å². The highest BCUT2D eigenvalue weighted by Gasteiger charge is 2.17. The molecule has 5 heteroatoms. The Hall–Kier alpha value is -0.580.